The van der Waals surface area contributed by atoms with Gasteiger partial charge in [-0.25, -0.2) is 4.68 Å². The van der Waals surface area contributed by atoms with Crippen molar-refractivity contribution in [3.05, 3.63) is 41.0 Å². The fraction of sp³-hybridized carbons (Fsp3) is 0.231. The van der Waals surface area contributed by atoms with Crippen molar-refractivity contribution < 1.29 is 0 Å². The molecule has 106 valence electrons. The van der Waals surface area contributed by atoms with E-state index in [1.54, 1.807) is 0 Å². The van der Waals surface area contributed by atoms with Gasteiger partial charge in [-0.1, -0.05) is 17.7 Å². The molecule has 1 aliphatic heterocycles. The number of aryl methyl sites for hydroxylation is 1. The molecule has 1 aromatic carbocycles. The third-order valence-electron chi connectivity index (χ3n) is 2.80. The van der Waals surface area contributed by atoms with Gasteiger partial charge in [0.05, 0.1) is 17.9 Å². The Morgan fingerprint density at radius 3 is 2.90 bits per heavy atom. The van der Waals surface area contributed by atoms with Gasteiger partial charge in [-0.15, -0.1) is 12.4 Å². The van der Waals surface area contributed by atoms with Crippen LogP contribution in [0.15, 0.2) is 35.3 Å². The molecule has 0 unspecified atom stereocenters. The van der Waals surface area contributed by atoms with E-state index in [-0.39, 0.29) is 12.4 Å². The number of nitrogens with one attached hydrogen (secondary N) is 2. The number of aromatic nitrogens is 2. The number of rotatable bonds is 2. The lowest BCUT2D eigenvalue weighted by Gasteiger charge is -2.10. The third-order valence-corrected chi connectivity index (χ3v) is 3.04. The molecule has 0 saturated carbocycles. The lowest BCUT2D eigenvalue weighted by Crippen LogP contribution is -2.27. The molecule has 0 amide bonds. The Morgan fingerprint density at radius 2 is 2.20 bits per heavy atom. The Morgan fingerprint density at radius 1 is 1.35 bits per heavy atom. The highest BCUT2D eigenvalue weighted by Gasteiger charge is 2.11. The number of benzene rings is 1. The molecular weight excluding hydrogens is 297 g/mol. The van der Waals surface area contributed by atoms with Gasteiger partial charge in [0.25, 0.3) is 0 Å². The molecule has 2 aromatic rings. The minimum absolute atomic E-state index is 0. The first-order valence-corrected chi connectivity index (χ1v) is 6.48. The first kappa shape index (κ1) is 14.7. The van der Waals surface area contributed by atoms with Crippen molar-refractivity contribution in [3.63, 3.8) is 0 Å². The minimum Gasteiger partial charge on any atom is -0.354 e. The van der Waals surface area contributed by atoms with Crippen LogP contribution in [0.1, 0.15) is 5.69 Å². The number of hydrogen-bond donors (Lipinski definition) is 2. The number of aliphatic imine (C=N–C) groups is 1. The van der Waals surface area contributed by atoms with Gasteiger partial charge in [-0.05, 0) is 25.1 Å². The summed E-state index contributed by atoms with van der Waals surface area (Å²) in [5.41, 5.74) is 1.85. The SMILES string of the molecule is Cc1cc(NC2=NCCN2)n(-c2cccc(Cl)c2)n1.Cl. The molecular formula is C13H15Cl2N5. The number of nitrogens with zero attached hydrogens (tertiary/aromatic N) is 3. The molecule has 0 saturated heterocycles. The van der Waals surface area contributed by atoms with Crippen LogP contribution >= 0.6 is 24.0 Å². The molecule has 20 heavy (non-hydrogen) atoms. The molecule has 0 bridgehead atoms. The molecule has 0 aliphatic carbocycles. The highest BCUT2D eigenvalue weighted by Crippen LogP contribution is 2.20. The molecule has 2 N–H and O–H groups in total. The van der Waals surface area contributed by atoms with E-state index in [1.165, 1.54) is 0 Å². The van der Waals surface area contributed by atoms with Crippen LogP contribution in [0, 0.1) is 6.92 Å². The molecule has 0 atom stereocenters. The van der Waals surface area contributed by atoms with Crippen molar-refractivity contribution in [2.24, 2.45) is 4.99 Å². The average molecular weight is 312 g/mol. The van der Waals surface area contributed by atoms with E-state index in [2.05, 4.69) is 20.7 Å². The van der Waals surface area contributed by atoms with Crippen LogP contribution in [0.2, 0.25) is 5.02 Å². The summed E-state index contributed by atoms with van der Waals surface area (Å²) in [6.07, 6.45) is 0. The summed E-state index contributed by atoms with van der Waals surface area (Å²) in [7, 11) is 0. The summed E-state index contributed by atoms with van der Waals surface area (Å²) in [6.45, 7) is 3.62. The lowest BCUT2D eigenvalue weighted by molar-refractivity contribution is 0.869. The van der Waals surface area contributed by atoms with Crippen LogP contribution in [-0.4, -0.2) is 28.8 Å². The van der Waals surface area contributed by atoms with Gasteiger partial charge in [-0.2, -0.15) is 5.10 Å². The Labute approximate surface area is 128 Å². The summed E-state index contributed by atoms with van der Waals surface area (Å²) in [6, 6.07) is 9.57. The summed E-state index contributed by atoms with van der Waals surface area (Å²) < 4.78 is 1.82. The van der Waals surface area contributed by atoms with Gasteiger partial charge in [0.2, 0.25) is 0 Å². The van der Waals surface area contributed by atoms with Gasteiger partial charge >= 0.3 is 0 Å². The van der Waals surface area contributed by atoms with E-state index in [9.17, 15) is 0 Å². The van der Waals surface area contributed by atoms with Crippen LogP contribution in [0.3, 0.4) is 0 Å². The number of hydrogen-bond acceptors (Lipinski definition) is 4. The largest absolute Gasteiger partial charge is 0.354 e. The zero-order chi connectivity index (χ0) is 13.2. The van der Waals surface area contributed by atoms with Gasteiger partial charge in [0, 0.05) is 17.6 Å². The third kappa shape index (κ3) is 3.05. The number of anilines is 1. The lowest BCUT2D eigenvalue weighted by atomic mass is 10.3. The minimum atomic E-state index is 0. The molecule has 0 spiro atoms. The predicted molar refractivity (Wildman–Crippen MR) is 84.5 cm³/mol. The van der Waals surface area contributed by atoms with E-state index in [4.69, 9.17) is 11.6 Å². The van der Waals surface area contributed by atoms with E-state index in [1.807, 2.05) is 41.9 Å². The van der Waals surface area contributed by atoms with Crippen LogP contribution < -0.4 is 10.6 Å². The highest BCUT2D eigenvalue weighted by atomic mass is 35.5. The first-order chi connectivity index (χ1) is 9.22. The fourth-order valence-corrected chi connectivity index (χ4v) is 2.18. The van der Waals surface area contributed by atoms with Gasteiger partial charge in [0.15, 0.2) is 5.96 Å². The first-order valence-electron chi connectivity index (χ1n) is 6.10. The topological polar surface area (TPSA) is 54.2 Å². The summed E-state index contributed by atoms with van der Waals surface area (Å²) in [5.74, 6) is 1.65. The van der Waals surface area contributed by atoms with Gasteiger partial charge < -0.3 is 10.6 Å². The Kier molecular flexibility index (Phi) is 4.52. The molecule has 1 aliphatic rings. The maximum Gasteiger partial charge on any atom is 0.197 e. The molecule has 7 heteroatoms. The van der Waals surface area contributed by atoms with Crippen LogP contribution in [0.5, 0.6) is 0 Å². The fourth-order valence-electron chi connectivity index (χ4n) is 2.00. The highest BCUT2D eigenvalue weighted by molar-refractivity contribution is 6.30. The van der Waals surface area contributed by atoms with Crippen molar-refractivity contribution in [2.75, 3.05) is 18.4 Å². The van der Waals surface area contributed by atoms with E-state index >= 15 is 0 Å². The molecule has 0 fully saturated rings. The molecule has 0 radical (unpaired) electrons. The number of guanidine groups is 1. The maximum absolute atomic E-state index is 6.03. The molecule has 1 aromatic heterocycles. The second-order valence-electron chi connectivity index (χ2n) is 4.34. The Hall–Kier alpha value is -1.72. The predicted octanol–water partition coefficient (Wildman–Crippen LogP) is 2.63. The van der Waals surface area contributed by atoms with Crippen LogP contribution in [0.4, 0.5) is 5.82 Å². The van der Waals surface area contributed by atoms with Crippen molar-refractivity contribution in [2.45, 2.75) is 6.92 Å². The molecule has 3 rings (SSSR count). The average Bonchev–Trinajstić information content (AvgIpc) is 3.00. The Balaban J connectivity index is 0.00000147. The van der Waals surface area contributed by atoms with E-state index < -0.39 is 0 Å². The second kappa shape index (κ2) is 6.15. The summed E-state index contributed by atoms with van der Waals surface area (Å²) in [5, 5.41) is 11.6. The van der Waals surface area contributed by atoms with Gasteiger partial charge in [-0.3, -0.25) is 4.99 Å². The van der Waals surface area contributed by atoms with Crippen LogP contribution in [0.25, 0.3) is 5.69 Å². The summed E-state index contributed by atoms with van der Waals surface area (Å²) in [4.78, 5) is 4.32. The monoisotopic (exact) mass is 311 g/mol. The molecule has 5 nitrogen and oxygen atoms in total. The molecule has 2 heterocycles. The summed E-state index contributed by atoms with van der Waals surface area (Å²) >= 11 is 6.03. The van der Waals surface area contributed by atoms with E-state index in [0.717, 1.165) is 36.2 Å². The second-order valence-corrected chi connectivity index (χ2v) is 4.78. The number of halogens is 2. The van der Waals surface area contributed by atoms with Crippen LogP contribution in [-0.2, 0) is 0 Å². The zero-order valence-corrected chi connectivity index (χ0v) is 12.5. The quantitative estimate of drug-likeness (QED) is 0.896. The van der Waals surface area contributed by atoms with Gasteiger partial charge in [0.1, 0.15) is 5.82 Å². The van der Waals surface area contributed by atoms with Crippen molar-refractivity contribution in [3.8, 4) is 5.69 Å². The normalized spacial score (nSPS) is 13.4. The van der Waals surface area contributed by atoms with Crippen molar-refractivity contribution >= 4 is 35.8 Å². The zero-order valence-electron chi connectivity index (χ0n) is 10.9. The van der Waals surface area contributed by atoms with Crippen molar-refractivity contribution in [1.29, 1.82) is 0 Å². The Bertz CT molecular complexity index is 635. The van der Waals surface area contributed by atoms with E-state index in [0.29, 0.717) is 5.02 Å². The maximum atomic E-state index is 6.03. The smallest absolute Gasteiger partial charge is 0.197 e. The standard InChI is InChI=1S/C13H14ClN5.ClH/c1-9-7-12(17-13-15-5-6-16-13)19(18-9)11-4-2-3-10(14)8-11;/h2-4,7-8H,5-6H2,1H3,(H2,15,16,17);1H. The van der Waals surface area contributed by atoms with Crippen molar-refractivity contribution in [1.82, 2.24) is 15.1 Å².